The van der Waals surface area contributed by atoms with Crippen LogP contribution in [-0.4, -0.2) is 21.9 Å². The second-order valence-corrected chi connectivity index (χ2v) is 7.22. The van der Waals surface area contributed by atoms with Gasteiger partial charge in [0, 0.05) is 34.0 Å². The number of hydrogen-bond donors (Lipinski definition) is 1. The van der Waals surface area contributed by atoms with Gasteiger partial charge >= 0.3 is 0 Å². The van der Waals surface area contributed by atoms with Gasteiger partial charge in [0.1, 0.15) is 11.4 Å². The Labute approximate surface area is 154 Å². The first kappa shape index (κ1) is 16.1. The predicted molar refractivity (Wildman–Crippen MR) is 99.1 cm³/mol. The van der Waals surface area contributed by atoms with Gasteiger partial charge in [-0.3, -0.25) is 4.79 Å². The summed E-state index contributed by atoms with van der Waals surface area (Å²) in [7, 11) is 0. The number of ether oxygens (including phenoxy) is 1. The number of benzene rings is 1. The second kappa shape index (κ2) is 6.19. The Kier molecular flexibility index (Phi) is 4.00. The largest absolute Gasteiger partial charge is 0.493 e. The minimum Gasteiger partial charge on any atom is -0.493 e. The van der Waals surface area contributed by atoms with Crippen LogP contribution in [0.5, 0.6) is 5.75 Å². The number of aryl methyl sites for hydroxylation is 2. The molecule has 0 fully saturated rings. The van der Waals surface area contributed by atoms with Crippen molar-refractivity contribution in [3.05, 3.63) is 63.5 Å². The van der Waals surface area contributed by atoms with E-state index in [2.05, 4.69) is 26.2 Å². The van der Waals surface area contributed by atoms with Gasteiger partial charge in [0.05, 0.1) is 18.2 Å². The Morgan fingerprint density at radius 1 is 1.32 bits per heavy atom. The fourth-order valence-electron chi connectivity index (χ4n) is 3.32. The maximum atomic E-state index is 12.9. The number of aromatic nitrogens is 2. The van der Waals surface area contributed by atoms with E-state index in [-0.39, 0.29) is 11.9 Å². The molecule has 0 aliphatic carbocycles. The highest BCUT2D eigenvalue weighted by Gasteiger charge is 2.25. The summed E-state index contributed by atoms with van der Waals surface area (Å²) in [5, 5.41) is 3.14. The summed E-state index contributed by atoms with van der Waals surface area (Å²) in [5.41, 5.74) is 4.24. The van der Waals surface area contributed by atoms with Crippen LogP contribution in [0.15, 0.2) is 41.0 Å². The molecule has 1 N–H and O–H groups in total. The lowest BCUT2D eigenvalue weighted by molar-refractivity contribution is 0.0926. The molecule has 1 amide bonds. The van der Waals surface area contributed by atoms with Crippen LogP contribution in [0, 0.1) is 13.8 Å². The lowest BCUT2D eigenvalue weighted by Crippen LogP contribution is -2.32. The van der Waals surface area contributed by atoms with Crippen LogP contribution in [0.25, 0.3) is 5.65 Å². The molecule has 1 atom stereocenters. The highest BCUT2D eigenvalue weighted by atomic mass is 79.9. The fourth-order valence-corrected chi connectivity index (χ4v) is 3.70. The maximum Gasteiger partial charge on any atom is 0.255 e. The van der Waals surface area contributed by atoms with Crippen molar-refractivity contribution in [1.29, 1.82) is 0 Å². The summed E-state index contributed by atoms with van der Waals surface area (Å²) in [6.07, 6.45) is 2.63. The van der Waals surface area contributed by atoms with Crippen molar-refractivity contribution in [3.63, 3.8) is 0 Å². The molecule has 0 radical (unpaired) electrons. The number of nitrogens with one attached hydrogen (secondary N) is 1. The van der Waals surface area contributed by atoms with Gasteiger partial charge in [-0.1, -0.05) is 15.9 Å². The summed E-state index contributed by atoms with van der Waals surface area (Å²) in [4.78, 5) is 17.4. The standard InChI is InChI=1S/C19H18BrN3O2/c1-11-9-12(2)23-7-5-14(18(23)21-11)19(24)22-16-6-8-25-17-4-3-13(20)10-15(16)17/h3-5,7,9-10,16H,6,8H2,1-2H3,(H,22,24). The molecule has 0 spiro atoms. The first-order chi connectivity index (χ1) is 12.0. The van der Waals surface area contributed by atoms with E-state index in [0.717, 1.165) is 33.6 Å². The maximum absolute atomic E-state index is 12.9. The number of carbonyl (C=O) groups is 1. The normalized spacial score (nSPS) is 16.4. The van der Waals surface area contributed by atoms with E-state index >= 15 is 0 Å². The van der Waals surface area contributed by atoms with Gasteiger partial charge in [-0.2, -0.15) is 0 Å². The highest BCUT2D eigenvalue weighted by molar-refractivity contribution is 9.10. The van der Waals surface area contributed by atoms with Crippen LogP contribution in [0.2, 0.25) is 0 Å². The quantitative estimate of drug-likeness (QED) is 0.709. The average molecular weight is 400 g/mol. The Balaban J connectivity index is 1.67. The third-order valence-corrected chi connectivity index (χ3v) is 4.99. The van der Waals surface area contributed by atoms with Gasteiger partial charge in [-0.15, -0.1) is 0 Å². The topological polar surface area (TPSA) is 55.6 Å². The number of carbonyl (C=O) groups excluding carboxylic acids is 1. The van der Waals surface area contributed by atoms with Crippen molar-refractivity contribution < 1.29 is 9.53 Å². The average Bonchev–Trinajstić information content (AvgIpc) is 2.99. The molecule has 0 saturated heterocycles. The predicted octanol–water partition coefficient (Wildman–Crippen LogP) is 3.97. The van der Waals surface area contributed by atoms with Gasteiger partial charge < -0.3 is 14.5 Å². The first-order valence-corrected chi connectivity index (χ1v) is 9.00. The smallest absolute Gasteiger partial charge is 0.255 e. The van der Waals surface area contributed by atoms with E-state index < -0.39 is 0 Å². The molecule has 3 heterocycles. The molecule has 6 heteroatoms. The van der Waals surface area contributed by atoms with Crippen molar-refractivity contribution >= 4 is 27.5 Å². The molecule has 0 bridgehead atoms. The number of nitrogens with zero attached hydrogens (tertiary/aromatic N) is 2. The summed E-state index contributed by atoms with van der Waals surface area (Å²) in [5.74, 6) is 0.712. The van der Waals surface area contributed by atoms with E-state index in [1.807, 2.05) is 54.8 Å². The van der Waals surface area contributed by atoms with Gasteiger partial charge in [0.25, 0.3) is 5.91 Å². The second-order valence-electron chi connectivity index (χ2n) is 6.31. The number of rotatable bonds is 2. The monoisotopic (exact) mass is 399 g/mol. The number of amides is 1. The fraction of sp³-hybridized carbons (Fsp3) is 0.263. The Hall–Kier alpha value is -2.34. The zero-order chi connectivity index (χ0) is 17.6. The molecular formula is C19H18BrN3O2. The highest BCUT2D eigenvalue weighted by Crippen LogP contribution is 2.34. The van der Waals surface area contributed by atoms with Crippen LogP contribution in [0.3, 0.4) is 0 Å². The third kappa shape index (κ3) is 2.91. The molecule has 2 aromatic heterocycles. The molecule has 128 valence electrons. The van der Waals surface area contributed by atoms with E-state index in [0.29, 0.717) is 17.8 Å². The summed E-state index contributed by atoms with van der Waals surface area (Å²) in [6.45, 7) is 4.54. The van der Waals surface area contributed by atoms with Crippen molar-refractivity contribution in [1.82, 2.24) is 14.7 Å². The number of hydrogen-bond acceptors (Lipinski definition) is 3. The summed E-state index contributed by atoms with van der Waals surface area (Å²) in [6, 6.07) is 9.63. The van der Waals surface area contributed by atoms with Crippen LogP contribution < -0.4 is 10.1 Å². The molecule has 5 nitrogen and oxygen atoms in total. The Bertz CT molecular complexity index is 980. The van der Waals surface area contributed by atoms with E-state index in [1.165, 1.54) is 0 Å². The van der Waals surface area contributed by atoms with Gasteiger partial charge in [0.15, 0.2) is 0 Å². The van der Waals surface area contributed by atoms with Gasteiger partial charge in [0.2, 0.25) is 0 Å². The number of halogens is 1. The third-order valence-electron chi connectivity index (χ3n) is 4.50. The zero-order valence-corrected chi connectivity index (χ0v) is 15.6. The van der Waals surface area contributed by atoms with Crippen molar-refractivity contribution in [3.8, 4) is 5.75 Å². The molecule has 1 aliphatic rings. The zero-order valence-electron chi connectivity index (χ0n) is 14.0. The van der Waals surface area contributed by atoms with Gasteiger partial charge in [-0.05, 0) is 44.2 Å². The SMILES string of the molecule is Cc1cc(C)n2ccc(C(=O)NC3CCOc4ccc(Br)cc43)c2n1. The number of fused-ring (bicyclic) bond motifs is 2. The van der Waals surface area contributed by atoms with Crippen LogP contribution >= 0.6 is 15.9 Å². The van der Waals surface area contributed by atoms with E-state index in [9.17, 15) is 4.79 Å². The van der Waals surface area contributed by atoms with Gasteiger partial charge in [-0.25, -0.2) is 4.98 Å². The molecule has 1 aromatic carbocycles. The molecule has 3 aromatic rings. The molecule has 4 rings (SSSR count). The molecule has 1 unspecified atom stereocenters. The summed E-state index contributed by atoms with van der Waals surface area (Å²) >= 11 is 3.49. The lowest BCUT2D eigenvalue weighted by Gasteiger charge is -2.26. The van der Waals surface area contributed by atoms with Crippen LogP contribution in [0.1, 0.15) is 39.8 Å². The summed E-state index contributed by atoms with van der Waals surface area (Å²) < 4.78 is 8.61. The van der Waals surface area contributed by atoms with E-state index in [4.69, 9.17) is 4.74 Å². The molecule has 1 aliphatic heterocycles. The van der Waals surface area contributed by atoms with E-state index in [1.54, 1.807) is 0 Å². The first-order valence-electron chi connectivity index (χ1n) is 8.21. The Morgan fingerprint density at radius 2 is 2.16 bits per heavy atom. The molecule has 0 saturated carbocycles. The lowest BCUT2D eigenvalue weighted by atomic mass is 10.0. The Morgan fingerprint density at radius 3 is 3.00 bits per heavy atom. The van der Waals surface area contributed by atoms with Crippen LogP contribution in [-0.2, 0) is 0 Å². The minimum atomic E-state index is -0.113. The molecule has 25 heavy (non-hydrogen) atoms. The van der Waals surface area contributed by atoms with Crippen molar-refractivity contribution in [2.75, 3.05) is 6.61 Å². The van der Waals surface area contributed by atoms with Crippen molar-refractivity contribution in [2.24, 2.45) is 0 Å². The van der Waals surface area contributed by atoms with Crippen molar-refractivity contribution in [2.45, 2.75) is 26.3 Å². The van der Waals surface area contributed by atoms with Crippen LogP contribution in [0.4, 0.5) is 0 Å². The molecular weight excluding hydrogens is 382 g/mol. The minimum absolute atomic E-state index is 0.0744.